The number of rotatable bonds is 4. The Labute approximate surface area is 150 Å². The van der Waals surface area contributed by atoms with E-state index in [4.69, 9.17) is 0 Å². The standard InChI is InChI=1S/C19H18N4O3/c1-13(24)20-14-6-5-7-15(12-14)21-19(26)17-10-11-18(25)23(22-17)16-8-3-2-4-9-16/h2-9,12H,10-11H2,1H3,(H,20,24)(H,21,26). The van der Waals surface area contributed by atoms with Crippen LogP contribution >= 0.6 is 0 Å². The highest BCUT2D eigenvalue weighted by atomic mass is 16.2. The summed E-state index contributed by atoms with van der Waals surface area (Å²) in [6, 6.07) is 15.8. The van der Waals surface area contributed by atoms with Crippen LogP contribution in [0.2, 0.25) is 0 Å². The molecule has 0 aromatic heterocycles. The molecule has 26 heavy (non-hydrogen) atoms. The molecule has 2 aromatic carbocycles. The predicted octanol–water partition coefficient (Wildman–Crippen LogP) is 2.77. The average molecular weight is 350 g/mol. The number of carbonyl (C=O) groups excluding carboxylic acids is 3. The first kappa shape index (κ1) is 17.3. The van der Waals surface area contributed by atoms with E-state index in [2.05, 4.69) is 15.7 Å². The lowest BCUT2D eigenvalue weighted by atomic mass is 10.1. The lowest BCUT2D eigenvalue weighted by Crippen LogP contribution is -2.36. The lowest BCUT2D eigenvalue weighted by Gasteiger charge is -2.23. The molecule has 0 atom stereocenters. The van der Waals surface area contributed by atoms with Gasteiger partial charge in [0.05, 0.1) is 5.69 Å². The van der Waals surface area contributed by atoms with Gasteiger partial charge < -0.3 is 10.6 Å². The number of benzene rings is 2. The Morgan fingerprint density at radius 2 is 1.65 bits per heavy atom. The van der Waals surface area contributed by atoms with Crippen molar-refractivity contribution < 1.29 is 14.4 Å². The van der Waals surface area contributed by atoms with Gasteiger partial charge in [-0.3, -0.25) is 14.4 Å². The Hall–Kier alpha value is -3.48. The Morgan fingerprint density at radius 3 is 2.35 bits per heavy atom. The number of hydrogen-bond donors (Lipinski definition) is 2. The third kappa shape index (κ3) is 4.13. The summed E-state index contributed by atoms with van der Waals surface area (Å²) >= 11 is 0. The normalized spacial score (nSPS) is 13.8. The van der Waals surface area contributed by atoms with Crippen molar-refractivity contribution in [3.05, 3.63) is 54.6 Å². The zero-order valence-corrected chi connectivity index (χ0v) is 14.2. The fraction of sp³-hybridized carbons (Fsp3) is 0.158. The number of nitrogens with zero attached hydrogens (tertiary/aromatic N) is 2. The first-order valence-electron chi connectivity index (χ1n) is 8.17. The van der Waals surface area contributed by atoms with E-state index in [-0.39, 0.29) is 36.3 Å². The van der Waals surface area contributed by atoms with E-state index in [0.29, 0.717) is 17.1 Å². The van der Waals surface area contributed by atoms with Gasteiger partial charge in [-0.15, -0.1) is 0 Å². The van der Waals surface area contributed by atoms with Crippen LogP contribution in [-0.4, -0.2) is 23.4 Å². The highest BCUT2D eigenvalue weighted by Crippen LogP contribution is 2.21. The van der Waals surface area contributed by atoms with Crippen LogP contribution in [0.4, 0.5) is 17.1 Å². The van der Waals surface area contributed by atoms with Gasteiger partial charge in [-0.2, -0.15) is 5.10 Å². The van der Waals surface area contributed by atoms with Crippen LogP contribution in [0.1, 0.15) is 19.8 Å². The molecule has 2 N–H and O–H groups in total. The van der Waals surface area contributed by atoms with Crippen LogP contribution in [0.5, 0.6) is 0 Å². The van der Waals surface area contributed by atoms with E-state index in [1.807, 2.05) is 6.07 Å². The monoisotopic (exact) mass is 350 g/mol. The Balaban J connectivity index is 1.77. The number of nitrogens with one attached hydrogen (secondary N) is 2. The van der Waals surface area contributed by atoms with Gasteiger partial charge in [-0.25, -0.2) is 5.01 Å². The van der Waals surface area contributed by atoms with E-state index >= 15 is 0 Å². The molecule has 0 aliphatic carbocycles. The molecule has 0 bridgehead atoms. The van der Waals surface area contributed by atoms with Gasteiger partial charge in [-0.1, -0.05) is 24.3 Å². The maximum atomic E-state index is 12.5. The van der Waals surface area contributed by atoms with Crippen molar-refractivity contribution in [3.8, 4) is 0 Å². The third-order valence-electron chi connectivity index (χ3n) is 3.74. The number of hydrazone groups is 1. The highest BCUT2D eigenvalue weighted by Gasteiger charge is 2.25. The summed E-state index contributed by atoms with van der Waals surface area (Å²) in [6.45, 7) is 1.41. The second-order valence-electron chi connectivity index (χ2n) is 5.80. The second kappa shape index (κ2) is 7.60. The van der Waals surface area contributed by atoms with E-state index in [1.165, 1.54) is 11.9 Å². The summed E-state index contributed by atoms with van der Waals surface area (Å²) in [5.41, 5.74) is 2.02. The Morgan fingerprint density at radius 1 is 0.962 bits per heavy atom. The summed E-state index contributed by atoms with van der Waals surface area (Å²) in [6.07, 6.45) is 0.493. The summed E-state index contributed by atoms with van der Waals surface area (Å²) in [7, 11) is 0. The zero-order chi connectivity index (χ0) is 18.5. The number of carbonyl (C=O) groups is 3. The summed E-state index contributed by atoms with van der Waals surface area (Å²) in [4.78, 5) is 35.8. The van der Waals surface area contributed by atoms with E-state index < -0.39 is 0 Å². The van der Waals surface area contributed by atoms with Crippen molar-refractivity contribution in [2.45, 2.75) is 19.8 Å². The first-order valence-corrected chi connectivity index (χ1v) is 8.17. The highest BCUT2D eigenvalue weighted by molar-refractivity contribution is 6.44. The quantitative estimate of drug-likeness (QED) is 0.888. The Bertz CT molecular complexity index is 877. The van der Waals surface area contributed by atoms with Gasteiger partial charge in [0, 0.05) is 31.1 Å². The number of hydrogen-bond acceptors (Lipinski definition) is 4. The molecule has 3 amide bonds. The van der Waals surface area contributed by atoms with E-state index in [0.717, 1.165) is 0 Å². The lowest BCUT2D eigenvalue weighted by molar-refractivity contribution is -0.119. The predicted molar refractivity (Wildman–Crippen MR) is 100.0 cm³/mol. The number of anilines is 3. The third-order valence-corrected chi connectivity index (χ3v) is 3.74. The summed E-state index contributed by atoms with van der Waals surface area (Å²) in [5, 5.41) is 10.9. The molecule has 7 nitrogen and oxygen atoms in total. The van der Waals surface area contributed by atoms with Crippen molar-refractivity contribution in [1.82, 2.24) is 0 Å². The molecule has 0 saturated heterocycles. The molecule has 2 aromatic rings. The minimum atomic E-state index is -0.376. The number of para-hydroxylation sites is 1. The molecular weight excluding hydrogens is 332 g/mol. The van der Waals surface area contributed by atoms with Crippen molar-refractivity contribution in [3.63, 3.8) is 0 Å². The van der Waals surface area contributed by atoms with Crippen LogP contribution in [0, 0.1) is 0 Å². The molecule has 0 saturated carbocycles. The van der Waals surface area contributed by atoms with Gasteiger partial charge in [-0.05, 0) is 30.3 Å². The average Bonchev–Trinajstić information content (AvgIpc) is 2.62. The first-order chi connectivity index (χ1) is 12.5. The smallest absolute Gasteiger partial charge is 0.271 e. The summed E-state index contributed by atoms with van der Waals surface area (Å²) < 4.78 is 0. The van der Waals surface area contributed by atoms with Crippen LogP contribution in [0.25, 0.3) is 0 Å². The molecule has 1 aliphatic rings. The van der Waals surface area contributed by atoms with Crippen LogP contribution < -0.4 is 15.6 Å². The van der Waals surface area contributed by atoms with Crippen LogP contribution in [0.15, 0.2) is 59.7 Å². The minimum absolute atomic E-state index is 0.152. The van der Waals surface area contributed by atoms with Crippen molar-refractivity contribution in [2.75, 3.05) is 15.6 Å². The molecule has 7 heteroatoms. The molecule has 0 spiro atoms. The zero-order valence-electron chi connectivity index (χ0n) is 14.2. The maximum Gasteiger partial charge on any atom is 0.271 e. The largest absolute Gasteiger partial charge is 0.326 e. The van der Waals surface area contributed by atoms with Crippen LogP contribution in [0.3, 0.4) is 0 Å². The fourth-order valence-electron chi connectivity index (χ4n) is 2.57. The summed E-state index contributed by atoms with van der Waals surface area (Å²) in [5.74, 6) is -0.721. The van der Waals surface area contributed by atoms with Gasteiger partial charge in [0.25, 0.3) is 5.91 Å². The van der Waals surface area contributed by atoms with Crippen LogP contribution in [-0.2, 0) is 14.4 Å². The molecule has 132 valence electrons. The molecule has 1 aliphatic heterocycles. The van der Waals surface area contributed by atoms with E-state index in [9.17, 15) is 14.4 Å². The van der Waals surface area contributed by atoms with Crippen molar-refractivity contribution >= 4 is 40.5 Å². The van der Waals surface area contributed by atoms with Gasteiger partial charge in [0.15, 0.2) is 0 Å². The SMILES string of the molecule is CC(=O)Nc1cccc(NC(=O)C2=NN(c3ccccc3)C(=O)CC2)c1. The molecule has 0 fully saturated rings. The van der Waals surface area contributed by atoms with Gasteiger partial charge >= 0.3 is 0 Å². The molecule has 0 unspecified atom stereocenters. The van der Waals surface area contributed by atoms with E-state index in [1.54, 1.807) is 48.5 Å². The second-order valence-corrected chi connectivity index (χ2v) is 5.80. The molecule has 0 radical (unpaired) electrons. The number of amides is 3. The van der Waals surface area contributed by atoms with Gasteiger partial charge in [0.2, 0.25) is 11.8 Å². The molecule has 1 heterocycles. The topological polar surface area (TPSA) is 90.9 Å². The Kier molecular flexibility index (Phi) is 5.07. The fourth-order valence-corrected chi connectivity index (χ4v) is 2.57. The molecule has 3 rings (SSSR count). The molecular formula is C19H18N4O3. The van der Waals surface area contributed by atoms with Crippen molar-refractivity contribution in [2.24, 2.45) is 5.10 Å². The van der Waals surface area contributed by atoms with Gasteiger partial charge in [0.1, 0.15) is 5.71 Å². The van der Waals surface area contributed by atoms with Crippen molar-refractivity contribution in [1.29, 1.82) is 0 Å². The minimum Gasteiger partial charge on any atom is -0.326 e. The maximum absolute atomic E-state index is 12.5.